The Labute approximate surface area is 185 Å². The molecular weight excluding hydrogens is 368 g/mol. The lowest BCUT2D eigenvalue weighted by molar-refractivity contribution is -0.121. The zero-order valence-electron chi connectivity index (χ0n) is 19.4. The maximum atomic E-state index is 11.9. The zero-order valence-corrected chi connectivity index (χ0v) is 19.4. The molecule has 0 bridgehead atoms. The van der Waals surface area contributed by atoms with Gasteiger partial charge in [0.05, 0.1) is 0 Å². The van der Waals surface area contributed by atoms with Gasteiger partial charge in [0, 0.05) is 19.0 Å². The van der Waals surface area contributed by atoms with E-state index in [0.717, 1.165) is 57.9 Å². The number of allylic oxidation sites excluding steroid dienone is 10. The topological polar surface area (TPSA) is 32.3 Å². The summed E-state index contributed by atoms with van der Waals surface area (Å²) in [5, 5.41) is 3.07. The Morgan fingerprint density at radius 2 is 1.47 bits per heavy atom. The summed E-state index contributed by atoms with van der Waals surface area (Å²) in [5.74, 6) is 0.197. The van der Waals surface area contributed by atoms with Gasteiger partial charge < -0.3 is 10.2 Å². The van der Waals surface area contributed by atoms with Crippen molar-refractivity contribution < 1.29 is 4.79 Å². The van der Waals surface area contributed by atoms with Gasteiger partial charge in [-0.2, -0.15) is 0 Å². The van der Waals surface area contributed by atoms with E-state index in [1.807, 2.05) is 0 Å². The van der Waals surface area contributed by atoms with Crippen LogP contribution in [0, 0.1) is 0 Å². The van der Waals surface area contributed by atoms with Crippen molar-refractivity contribution in [2.75, 3.05) is 20.1 Å². The number of hydrogen-bond acceptors (Lipinski definition) is 2. The van der Waals surface area contributed by atoms with Gasteiger partial charge in [-0.3, -0.25) is 4.79 Å². The molecule has 1 aliphatic heterocycles. The monoisotopic (exact) mass is 412 g/mol. The molecule has 1 fully saturated rings. The maximum absolute atomic E-state index is 11.9. The van der Waals surface area contributed by atoms with E-state index >= 15 is 0 Å². The van der Waals surface area contributed by atoms with E-state index in [0.29, 0.717) is 12.5 Å². The number of hydrogen-bond donors (Lipinski definition) is 1. The van der Waals surface area contributed by atoms with Gasteiger partial charge in [0.15, 0.2) is 0 Å². The second-order valence-electron chi connectivity index (χ2n) is 8.02. The van der Waals surface area contributed by atoms with Crippen LogP contribution in [0.4, 0.5) is 0 Å². The van der Waals surface area contributed by atoms with Crippen molar-refractivity contribution in [1.82, 2.24) is 10.2 Å². The Bertz CT molecular complexity index is 571. The van der Waals surface area contributed by atoms with Gasteiger partial charge in [-0.05, 0) is 77.8 Å². The Balaban J connectivity index is 1.91. The number of rotatable bonds is 16. The van der Waals surface area contributed by atoms with Crippen molar-refractivity contribution >= 4 is 5.91 Å². The van der Waals surface area contributed by atoms with Crippen molar-refractivity contribution in [3.8, 4) is 0 Å². The van der Waals surface area contributed by atoms with E-state index < -0.39 is 0 Å². The molecule has 1 saturated heterocycles. The van der Waals surface area contributed by atoms with Crippen molar-refractivity contribution in [3.05, 3.63) is 60.8 Å². The molecule has 1 heterocycles. The molecular formula is C27H44N2O. The number of nitrogens with one attached hydrogen (secondary N) is 1. The number of amides is 1. The summed E-state index contributed by atoms with van der Waals surface area (Å²) in [4.78, 5) is 14.3. The van der Waals surface area contributed by atoms with E-state index in [-0.39, 0.29) is 5.91 Å². The second kappa shape index (κ2) is 19.1. The highest BCUT2D eigenvalue weighted by Gasteiger charge is 2.20. The molecule has 0 radical (unpaired) electrons. The molecule has 1 N–H and O–H groups in total. The number of unbranched alkanes of at least 4 members (excludes halogenated alkanes) is 1. The minimum atomic E-state index is 0.197. The lowest BCUT2D eigenvalue weighted by Gasteiger charge is -2.19. The largest absolute Gasteiger partial charge is 0.356 e. The molecule has 1 amide bonds. The van der Waals surface area contributed by atoms with Crippen LogP contribution in [-0.2, 0) is 4.79 Å². The highest BCUT2D eigenvalue weighted by Crippen LogP contribution is 2.16. The third kappa shape index (κ3) is 15.0. The predicted octanol–water partition coefficient (Wildman–Crippen LogP) is 6.51. The molecule has 0 aromatic heterocycles. The van der Waals surface area contributed by atoms with Gasteiger partial charge in [-0.1, -0.05) is 67.7 Å². The SMILES string of the molecule is CC/C=C\C/C=C\C/C=C\C/C=C\C/C=C\CCCC(=O)NCCC1CCCN1C. The molecule has 168 valence electrons. The van der Waals surface area contributed by atoms with Gasteiger partial charge in [-0.25, -0.2) is 0 Å². The van der Waals surface area contributed by atoms with Crippen LogP contribution in [0.2, 0.25) is 0 Å². The van der Waals surface area contributed by atoms with Crippen molar-refractivity contribution in [1.29, 1.82) is 0 Å². The summed E-state index contributed by atoms with van der Waals surface area (Å²) < 4.78 is 0. The first-order chi connectivity index (χ1) is 14.7. The molecule has 3 nitrogen and oxygen atoms in total. The van der Waals surface area contributed by atoms with Crippen LogP contribution in [0.15, 0.2) is 60.8 Å². The van der Waals surface area contributed by atoms with Gasteiger partial charge in [0.1, 0.15) is 0 Å². The fourth-order valence-electron chi connectivity index (χ4n) is 3.56. The van der Waals surface area contributed by atoms with E-state index in [9.17, 15) is 4.79 Å². The number of carbonyl (C=O) groups excluding carboxylic acids is 1. The van der Waals surface area contributed by atoms with Crippen LogP contribution in [0.25, 0.3) is 0 Å². The first-order valence-corrected chi connectivity index (χ1v) is 12.0. The summed E-state index contributed by atoms with van der Waals surface area (Å²) in [7, 11) is 2.19. The minimum Gasteiger partial charge on any atom is -0.356 e. The molecule has 0 aliphatic carbocycles. The summed E-state index contributed by atoms with van der Waals surface area (Å²) in [6.45, 7) is 4.17. The number of nitrogens with zero attached hydrogens (tertiary/aromatic N) is 1. The van der Waals surface area contributed by atoms with Gasteiger partial charge in [-0.15, -0.1) is 0 Å². The number of carbonyl (C=O) groups is 1. The van der Waals surface area contributed by atoms with Gasteiger partial charge in [0.2, 0.25) is 5.91 Å². The molecule has 1 aliphatic rings. The Hall–Kier alpha value is -1.87. The van der Waals surface area contributed by atoms with Crippen LogP contribution in [0.5, 0.6) is 0 Å². The quantitative estimate of drug-likeness (QED) is 0.231. The summed E-state index contributed by atoms with van der Waals surface area (Å²) in [6, 6.07) is 0.659. The standard InChI is InChI=1S/C27H44N2O/c1-3-4-5-6-7-8-9-10-11-12-13-14-15-16-17-18-19-22-27(30)28-24-23-26-21-20-25-29(26)2/h4-5,7-8,10-11,13-14,16-17,26H,3,6,9,12,15,18-25H2,1-2H3,(H,28,30)/b5-4-,8-7-,11-10-,14-13-,17-16-. The molecule has 1 atom stereocenters. The normalized spacial score (nSPS) is 18.3. The van der Waals surface area contributed by atoms with Gasteiger partial charge in [0.25, 0.3) is 0 Å². The summed E-state index contributed by atoms with van der Waals surface area (Å²) >= 11 is 0. The fourth-order valence-corrected chi connectivity index (χ4v) is 3.56. The lowest BCUT2D eigenvalue weighted by Crippen LogP contribution is -2.31. The van der Waals surface area contributed by atoms with Crippen LogP contribution in [0.3, 0.4) is 0 Å². The summed E-state index contributed by atoms with van der Waals surface area (Å²) in [5.41, 5.74) is 0. The Morgan fingerprint density at radius 3 is 2.00 bits per heavy atom. The van der Waals surface area contributed by atoms with E-state index in [1.165, 1.54) is 19.4 Å². The maximum Gasteiger partial charge on any atom is 0.220 e. The van der Waals surface area contributed by atoms with Crippen LogP contribution in [-0.4, -0.2) is 37.0 Å². The molecule has 0 saturated carbocycles. The van der Waals surface area contributed by atoms with Crippen molar-refractivity contribution in [3.63, 3.8) is 0 Å². The smallest absolute Gasteiger partial charge is 0.220 e. The van der Waals surface area contributed by atoms with Crippen LogP contribution in [0.1, 0.15) is 77.6 Å². The average Bonchev–Trinajstić information content (AvgIpc) is 3.15. The lowest BCUT2D eigenvalue weighted by atomic mass is 10.1. The minimum absolute atomic E-state index is 0.197. The third-order valence-electron chi connectivity index (χ3n) is 5.40. The second-order valence-corrected chi connectivity index (χ2v) is 8.02. The Kier molecular flexibility index (Phi) is 16.7. The van der Waals surface area contributed by atoms with Crippen LogP contribution >= 0.6 is 0 Å². The highest BCUT2D eigenvalue weighted by atomic mass is 16.1. The molecule has 30 heavy (non-hydrogen) atoms. The van der Waals surface area contributed by atoms with E-state index in [2.05, 4.69) is 84.9 Å². The fraction of sp³-hybridized carbons (Fsp3) is 0.593. The average molecular weight is 413 g/mol. The first kappa shape index (κ1) is 26.2. The molecule has 0 aromatic rings. The molecule has 3 heteroatoms. The summed E-state index contributed by atoms with van der Waals surface area (Å²) in [6.07, 6.45) is 33.4. The first-order valence-electron chi connectivity index (χ1n) is 12.0. The number of likely N-dealkylation sites (tertiary alicyclic amines) is 1. The molecule has 0 aromatic carbocycles. The van der Waals surface area contributed by atoms with E-state index in [4.69, 9.17) is 0 Å². The highest BCUT2D eigenvalue weighted by molar-refractivity contribution is 5.75. The predicted molar refractivity (Wildman–Crippen MR) is 132 cm³/mol. The molecule has 1 unspecified atom stereocenters. The molecule has 0 spiro atoms. The zero-order chi connectivity index (χ0) is 21.7. The van der Waals surface area contributed by atoms with Gasteiger partial charge >= 0.3 is 0 Å². The van der Waals surface area contributed by atoms with Crippen LogP contribution < -0.4 is 5.32 Å². The Morgan fingerprint density at radius 1 is 0.900 bits per heavy atom. The van der Waals surface area contributed by atoms with Crippen molar-refractivity contribution in [2.45, 2.75) is 83.6 Å². The third-order valence-corrected chi connectivity index (χ3v) is 5.40. The van der Waals surface area contributed by atoms with Crippen molar-refractivity contribution in [2.24, 2.45) is 0 Å². The van der Waals surface area contributed by atoms with E-state index in [1.54, 1.807) is 0 Å². The molecule has 1 rings (SSSR count).